The summed E-state index contributed by atoms with van der Waals surface area (Å²) in [6.45, 7) is 7.13. The Morgan fingerprint density at radius 2 is 1.89 bits per heavy atom. The lowest BCUT2D eigenvalue weighted by Crippen LogP contribution is -2.34. The maximum absolute atomic E-state index is 12.2. The van der Waals surface area contributed by atoms with E-state index < -0.39 is 0 Å². The number of benzene rings is 1. The van der Waals surface area contributed by atoms with Crippen LogP contribution in [-0.2, 0) is 4.79 Å². The molecular formula is C16H24BrNO. The van der Waals surface area contributed by atoms with Crippen molar-refractivity contribution >= 4 is 21.8 Å². The topological polar surface area (TPSA) is 29.1 Å². The van der Waals surface area contributed by atoms with Gasteiger partial charge in [-0.2, -0.15) is 0 Å². The van der Waals surface area contributed by atoms with Crippen LogP contribution in [0.25, 0.3) is 0 Å². The Morgan fingerprint density at radius 3 is 2.42 bits per heavy atom. The highest BCUT2D eigenvalue weighted by atomic mass is 79.9. The zero-order valence-electron chi connectivity index (χ0n) is 12.0. The molecule has 0 heterocycles. The maximum atomic E-state index is 12.2. The summed E-state index contributed by atoms with van der Waals surface area (Å²) in [5, 5.41) is 3.05. The van der Waals surface area contributed by atoms with E-state index in [2.05, 4.69) is 42.0 Å². The van der Waals surface area contributed by atoms with Crippen molar-refractivity contribution in [1.29, 1.82) is 0 Å². The third-order valence-electron chi connectivity index (χ3n) is 3.15. The van der Waals surface area contributed by atoms with Gasteiger partial charge in [0.25, 0.3) is 0 Å². The van der Waals surface area contributed by atoms with Gasteiger partial charge in [-0.05, 0) is 24.3 Å². The minimum absolute atomic E-state index is 0.0417. The van der Waals surface area contributed by atoms with Crippen LogP contribution >= 0.6 is 15.9 Å². The molecule has 0 aliphatic rings. The number of nitrogens with one attached hydrogen (secondary N) is 1. The van der Waals surface area contributed by atoms with Crippen LogP contribution in [0.3, 0.4) is 0 Å². The summed E-state index contributed by atoms with van der Waals surface area (Å²) in [7, 11) is 0. The molecule has 2 atom stereocenters. The Morgan fingerprint density at radius 1 is 1.26 bits per heavy atom. The van der Waals surface area contributed by atoms with Gasteiger partial charge in [-0.1, -0.05) is 67.0 Å². The molecule has 1 aromatic carbocycles. The molecule has 0 saturated heterocycles. The molecule has 3 heteroatoms. The van der Waals surface area contributed by atoms with Crippen molar-refractivity contribution in [1.82, 2.24) is 5.32 Å². The smallest absolute Gasteiger partial charge is 0.227 e. The molecule has 0 aliphatic heterocycles. The molecular weight excluding hydrogens is 302 g/mol. The molecule has 1 rings (SSSR count). The molecule has 1 N–H and O–H groups in total. The number of alkyl halides is 1. The van der Waals surface area contributed by atoms with Gasteiger partial charge in [-0.15, -0.1) is 0 Å². The van der Waals surface area contributed by atoms with Crippen molar-refractivity contribution in [3.05, 3.63) is 35.9 Å². The Hall–Kier alpha value is -0.830. The number of carbonyl (C=O) groups excluding carboxylic acids is 1. The minimum atomic E-state index is -0.0417. The van der Waals surface area contributed by atoms with Crippen molar-refractivity contribution in [2.24, 2.45) is 5.92 Å². The summed E-state index contributed by atoms with van der Waals surface area (Å²) >= 11 is 3.62. The fourth-order valence-electron chi connectivity index (χ4n) is 2.19. The van der Waals surface area contributed by atoms with E-state index in [4.69, 9.17) is 0 Å². The molecule has 0 bridgehead atoms. The fourth-order valence-corrected chi connectivity index (χ4v) is 3.10. The predicted molar refractivity (Wildman–Crippen MR) is 84.7 cm³/mol. The van der Waals surface area contributed by atoms with Gasteiger partial charge < -0.3 is 5.32 Å². The van der Waals surface area contributed by atoms with Crippen molar-refractivity contribution in [3.63, 3.8) is 0 Å². The van der Waals surface area contributed by atoms with Crippen LogP contribution in [0.5, 0.6) is 0 Å². The highest BCUT2D eigenvalue weighted by Gasteiger charge is 2.19. The van der Waals surface area contributed by atoms with Gasteiger partial charge in [0.1, 0.15) is 0 Å². The van der Waals surface area contributed by atoms with Crippen LogP contribution in [-0.4, -0.2) is 17.3 Å². The van der Waals surface area contributed by atoms with Crippen LogP contribution in [0, 0.1) is 5.92 Å². The number of halogens is 1. The fraction of sp³-hybridized carbons (Fsp3) is 0.562. The van der Waals surface area contributed by atoms with Gasteiger partial charge >= 0.3 is 0 Å². The number of carbonyl (C=O) groups is 1. The summed E-state index contributed by atoms with van der Waals surface area (Å²) in [6, 6.07) is 9.99. The Labute approximate surface area is 125 Å². The summed E-state index contributed by atoms with van der Waals surface area (Å²) in [5.74, 6) is 0.722. The van der Waals surface area contributed by atoms with Gasteiger partial charge in [-0.25, -0.2) is 0 Å². The van der Waals surface area contributed by atoms with E-state index in [0.29, 0.717) is 17.3 Å². The normalized spacial score (nSPS) is 14.2. The second-order valence-corrected chi connectivity index (χ2v) is 6.64. The van der Waals surface area contributed by atoms with Gasteiger partial charge in [0.15, 0.2) is 0 Å². The Bertz CT molecular complexity index is 378. The number of rotatable bonds is 7. The molecule has 19 heavy (non-hydrogen) atoms. The van der Waals surface area contributed by atoms with Crippen molar-refractivity contribution < 1.29 is 4.79 Å². The third kappa shape index (κ3) is 5.77. The van der Waals surface area contributed by atoms with Gasteiger partial charge in [0.05, 0.1) is 5.92 Å². The van der Waals surface area contributed by atoms with E-state index >= 15 is 0 Å². The second kappa shape index (κ2) is 8.36. The first-order valence-electron chi connectivity index (χ1n) is 7.01. The minimum Gasteiger partial charge on any atom is -0.354 e. The first-order chi connectivity index (χ1) is 9.04. The molecule has 0 aromatic heterocycles. The molecule has 1 amide bonds. The summed E-state index contributed by atoms with van der Waals surface area (Å²) in [5.41, 5.74) is 1.09. The number of hydrogen-bond donors (Lipinski definition) is 1. The third-order valence-corrected chi connectivity index (χ3v) is 3.85. The lowest BCUT2D eigenvalue weighted by Gasteiger charge is -2.18. The van der Waals surface area contributed by atoms with Crippen LogP contribution < -0.4 is 5.32 Å². The molecule has 0 fully saturated rings. The molecule has 2 nitrogen and oxygen atoms in total. The van der Waals surface area contributed by atoms with E-state index in [1.54, 1.807) is 0 Å². The molecule has 0 spiro atoms. The predicted octanol–water partition coefficient (Wildman–Crippen LogP) is 4.11. The lowest BCUT2D eigenvalue weighted by molar-refractivity contribution is -0.122. The SMILES string of the molecule is CCC(C(=O)NCC(Br)CC(C)C)c1ccccc1. The van der Waals surface area contributed by atoms with Crippen LogP contribution in [0.15, 0.2) is 30.3 Å². The van der Waals surface area contributed by atoms with Gasteiger partial charge in [-0.3, -0.25) is 4.79 Å². The summed E-state index contributed by atoms with van der Waals surface area (Å²) in [4.78, 5) is 12.6. The lowest BCUT2D eigenvalue weighted by atomic mass is 9.95. The Balaban J connectivity index is 2.51. The van der Waals surface area contributed by atoms with Crippen LogP contribution in [0.1, 0.15) is 45.1 Å². The first-order valence-corrected chi connectivity index (χ1v) is 7.92. The zero-order chi connectivity index (χ0) is 14.3. The second-order valence-electron chi connectivity index (χ2n) is 5.34. The first kappa shape index (κ1) is 16.2. The average Bonchev–Trinajstić information content (AvgIpc) is 2.38. The van der Waals surface area contributed by atoms with E-state index in [-0.39, 0.29) is 11.8 Å². The van der Waals surface area contributed by atoms with E-state index in [1.165, 1.54) is 0 Å². The van der Waals surface area contributed by atoms with E-state index in [0.717, 1.165) is 18.4 Å². The summed E-state index contributed by atoms with van der Waals surface area (Å²) in [6.07, 6.45) is 1.90. The van der Waals surface area contributed by atoms with E-state index in [9.17, 15) is 4.79 Å². The average molecular weight is 326 g/mol. The van der Waals surface area contributed by atoms with Crippen molar-refractivity contribution in [2.75, 3.05) is 6.54 Å². The number of amides is 1. The quantitative estimate of drug-likeness (QED) is 0.751. The summed E-state index contributed by atoms with van der Waals surface area (Å²) < 4.78 is 0. The van der Waals surface area contributed by atoms with E-state index in [1.807, 2.05) is 30.3 Å². The van der Waals surface area contributed by atoms with Crippen LogP contribution in [0.4, 0.5) is 0 Å². The highest BCUT2D eigenvalue weighted by Crippen LogP contribution is 2.19. The monoisotopic (exact) mass is 325 g/mol. The molecule has 1 aromatic rings. The largest absolute Gasteiger partial charge is 0.354 e. The molecule has 2 unspecified atom stereocenters. The van der Waals surface area contributed by atoms with Crippen LogP contribution in [0.2, 0.25) is 0 Å². The number of hydrogen-bond acceptors (Lipinski definition) is 1. The highest BCUT2D eigenvalue weighted by molar-refractivity contribution is 9.09. The standard InChI is InChI=1S/C16H24BrNO/c1-4-15(13-8-6-5-7-9-13)16(19)18-11-14(17)10-12(2)3/h5-9,12,14-15H,4,10-11H2,1-3H3,(H,18,19). The molecule has 0 aliphatic carbocycles. The Kier molecular flexibility index (Phi) is 7.14. The maximum Gasteiger partial charge on any atom is 0.227 e. The molecule has 0 saturated carbocycles. The zero-order valence-corrected chi connectivity index (χ0v) is 13.6. The van der Waals surface area contributed by atoms with Crippen molar-refractivity contribution in [3.8, 4) is 0 Å². The van der Waals surface area contributed by atoms with Crippen molar-refractivity contribution in [2.45, 2.75) is 44.4 Å². The van der Waals surface area contributed by atoms with Gasteiger partial charge in [0.2, 0.25) is 5.91 Å². The molecule has 106 valence electrons. The molecule has 0 radical (unpaired) electrons. The van der Waals surface area contributed by atoms with Gasteiger partial charge in [0, 0.05) is 11.4 Å².